The maximum atomic E-state index is 9.77. The SMILES string of the molecule is CBc1cnn2c(NCc3ccc[n+](OC)c3)cc(N[C@@H]3CCCC[C@@H]3CO)nc12. The second kappa shape index (κ2) is 9.34. The average molecular weight is 409 g/mol. The van der Waals surface area contributed by atoms with Crippen LogP contribution in [-0.4, -0.2) is 46.7 Å². The second-order valence-corrected chi connectivity index (χ2v) is 7.87. The summed E-state index contributed by atoms with van der Waals surface area (Å²) >= 11 is 0. The number of pyridine rings is 1. The molecule has 1 fully saturated rings. The standard InChI is InChI=1S/C21H30BN6O2/c1-22-17-12-24-28-20(23-11-15-6-5-9-27(13-15)30-2)10-19(26-21(17)28)25-18-8-4-3-7-16(18)14-29/h5-6,9-10,12-13,16,18,22-23,29H,3-4,7-8,11,14H2,1-2H3,(H,25,26)/q+1/t16-,18-/m1/s1. The minimum absolute atomic E-state index is 0.214. The van der Waals surface area contributed by atoms with Gasteiger partial charge in [0.15, 0.2) is 12.9 Å². The predicted molar refractivity (Wildman–Crippen MR) is 119 cm³/mol. The molecule has 3 aromatic heterocycles. The lowest BCUT2D eigenvalue weighted by molar-refractivity contribution is -0.885. The van der Waals surface area contributed by atoms with Gasteiger partial charge in [0, 0.05) is 53.7 Å². The van der Waals surface area contributed by atoms with Gasteiger partial charge in [0.05, 0.1) is 0 Å². The van der Waals surface area contributed by atoms with Gasteiger partial charge in [0.1, 0.15) is 18.7 Å². The lowest BCUT2D eigenvalue weighted by atomic mass is 9.75. The molecule has 9 heteroatoms. The molecule has 0 spiro atoms. The van der Waals surface area contributed by atoms with Gasteiger partial charge >= 0.3 is 0 Å². The van der Waals surface area contributed by atoms with Crippen molar-refractivity contribution in [2.45, 2.75) is 45.1 Å². The number of hydrogen-bond acceptors (Lipinski definition) is 6. The topological polar surface area (TPSA) is 87.6 Å². The first-order chi connectivity index (χ1) is 14.7. The number of nitrogens with one attached hydrogen (secondary N) is 2. The molecule has 3 N–H and O–H groups in total. The van der Waals surface area contributed by atoms with Crippen LogP contribution in [0, 0.1) is 5.92 Å². The Morgan fingerprint density at radius 1 is 1.37 bits per heavy atom. The van der Waals surface area contributed by atoms with E-state index in [1.807, 2.05) is 35.2 Å². The Bertz CT molecular complexity index is 995. The zero-order valence-corrected chi connectivity index (χ0v) is 17.7. The van der Waals surface area contributed by atoms with Gasteiger partial charge < -0.3 is 15.7 Å². The molecule has 0 bridgehead atoms. The lowest BCUT2D eigenvalue weighted by Crippen LogP contribution is -2.40. The van der Waals surface area contributed by atoms with E-state index >= 15 is 0 Å². The van der Waals surface area contributed by atoms with E-state index in [2.05, 4.69) is 28.6 Å². The van der Waals surface area contributed by atoms with Crippen LogP contribution < -0.4 is 25.7 Å². The van der Waals surface area contributed by atoms with Gasteiger partial charge in [-0.25, -0.2) is 4.98 Å². The molecule has 0 aliphatic heterocycles. The zero-order valence-electron chi connectivity index (χ0n) is 17.7. The summed E-state index contributed by atoms with van der Waals surface area (Å²) in [6, 6.07) is 6.26. The Kier molecular flexibility index (Phi) is 6.37. The minimum Gasteiger partial charge on any atom is -0.396 e. The second-order valence-electron chi connectivity index (χ2n) is 7.87. The highest BCUT2D eigenvalue weighted by molar-refractivity contribution is 6.54. The summed E-state index contributed by atoms with van der Waals surface area (Å²) in [5.74, 6) is 1.98. The Hall–Kier alpha value is -2.81. The molecule has 0 amide bonds. The number of aliphatic hydroxyl groups excluding tert-OH is 1. The van der Waals surface area contributed by atoms with Gasteiger partial charge in [0.2, 0.25) is 12.4 Å². The van der Waals surface area contributed by atoms with E-state index in [-0.39, 0.29) is 18.6 Å². The van der Waals surface area contributed by atoms with Crippen molar-refractivity contribution in [2.75, 3.05) is 24.4 Å². The third-order valence-corrected chi connectivity index (χ3v) is 5.92. The number of fused-ring (bicyclic) bond motifs is 1. The predicted octanol–water partition coefficient (Wildman–Crippen LogP) is 0.760. The summed E-state index contributed by atoms with van der Waals surface area (Å²) in [7, 11) is 2.51. The highest BCUT2D eigenvalue weighted by Gasteiger charge is 2.25. The molecule has 0 radical (unpaired) electrons. The average Bonchev–Trinajstić information content (AvgIpc) is 3.21. The van der Waals surface area contributed by atoms with Crippen molar-refractivity contribution in [3.8, 4) is 0 Å². The number of aromatic nitrogens is 4. The Labute approximate surface area is 177 Å². The normalized spacial score (nSPS) is 18.9. The van der Waals surface area contributed by atoms with E-state index in [1.54, 1.807) is 11.8 Å². The quantitative estimate of drug-likeness (QED) is 0.376. The molecule has 1 aliphatic rings. The van der Waals surface area contributed by atoms with Crippen molar-refractivity contribution in [3.63, 3.8) is 0 Å². The van der Waals surface area contributed by atoms with Crippen LogP contribution in [0.4, 0.5) is 11.6 Å². The molecule has 2 atom stereocenters. The van der Waals surface area contributed by atoms with Gasteiger partial charge in [-0.1, -0.05) is 19.7 Å². The first kappa shape index (κ1) is 20.5. The van der Waals surface area contributed by atoms with Gasteiger partial charge in [-0.3, -0.25) is 4.84 Å². The highest BCUT2D eigenvalue weighted by atomic mass is 16.6. The van der Waals surface area contributed by atoms with Crippen molar-refractivity contribution in [3.05, 3.63) is 42.4 Å². The maximum absolute atomic E-state index is 9.77. The molecule has 0 unspecified atom stereocenters. The molecule has 0 aromatic carbocycles. The van der Waals surface area contributed by atoms with Gasteiger partial charge in [-0.2, -0.15) is 9.61 Å². The molecule has 1 saturated carbocycles. The van der Waals surface area contributed by atoms with E-state index in [1.165, 1.54) is 12.8 Å². The largest absolute Gasteiger partial charge is 0.396 e. The van der Waals surface area contributed by atoms with Gasteiger partial charge in [0.25, 0.3) is 0 Å². The number of rotatable bonds is 8. The third-order valence-electron chi connectivity index (χ3n) is 5.92. The van der Waals surface area contributed by atoms with Crippen molar-refractivity contribution in [1.82, 2.24) is 14.6 Å². The number of nitrogens with zero attached hydrogens (tertiary/aromatic N) is 4. The summed E-state index contributed by atoms with van der Waals surface area (Å²) in [5.41, 5.74) is 3.07. The van der Waals surface area contributed by atoms with Crippen molar-refractivity contribution < 1.29 is 14.7 Å². The molecule has 1 aliphatic carbocycles. The molecule has 4 rings (SSSR count). The fourth-order valence-corrected chi connectivity index (χ4v) is 4.18. The van der Waals surface area contributed by atoms with Crippen LogP contribution in [0.5, 0.6) is 0 Å². The Morgan fingerprint density at radius 2 is 2.23 bits per heavy atom. The van der Waals surface area contributed by atoms with Gasteiger partial charge in [-0.05, 0) is 24.4 Å². The third kappa shape index (κ3) is 4.36. The molecule has 0 saturated heterocycles. The maximum Gasteiger partial charge on any atom is 0.227 e. The summed E-state index contributed by atoms with van der Waals surface area (Å²) in [6.45, 7) is 2.96. The fraction of sp³-hybridized carbons (Fsp3) is 0.476. The molecular weight excluding hydrogens is 379 g/mol. The summed E-state index contributed by atoms with van der Waals surface area (Å²) < 4.78 is 3.54. The van der Waals surface area contributed by atoms with Crippen LogP contribution in [0.3, 0.4) is 0 Å². The lowest BCUT2D eigenvalue weighted by Gasteiger charge is -2.31. The summed E-state index contributed by atoms with van der Waals surface area (Å²) in [4.78, 5) is 10.1. The zero-order chi connectivity index (χ0) is 20.9. The van der Waals surface area contributed by atoms with E-state index in [4.69, 9.17) is 9.82 Å². The summed E-state index contributed by atoms with van der Waals surface area (Å²) in [5, 5.41) is 21.4. The number of aliphatic hydroxyl groups is 1. The van der Waals surface area contributed by atoms with Crippen LogP contribution in [0.1, 0.15) is 31.2 Å². The minimum atomic E-state index is 0.214. The van der Waals surface area contributed by atoms with Crippen molar-refractivity contribution in [2.24, 2.45) is 5.92 Å². The fourth-order valence-electron chi connectivity index (χ4n) is 4.18. The van der Waals surface area contributed by atoms with Gasteiger partial charge in [-0.15, -0.1) is 0 Å². The molecular formula is C21H30BN6O2+. The Morgan fingerprint density at radius 3 is 3.03 bits per heavy atom. The van der Waals surface area contributed by atoms with Crippen LogP contribution in [0.2, 0.25) is 6.82 Å². The monoisotopic (exact) mass is 409 g/mol. The first-order valence-electron chi connectivity index (χ1n) is 10.8. The van der Waals surface area contributed by atoms with Crippen LogP contribution in [0.25, 0.3) is 5.65 Å². The van der Waals surface area contributed by atoms with E-state index < -0.39 is 0 Å². The molecule has 3 aromatic rings. The smallest absolute Gasteiger partial charge is 0.227 e. The number of anilines is 2. The molecule has 3 heterocycles. The van der Waals surface area contributed by atoms with Crippen molar-refractivity contribution in [1.29, 1.82) is 0 Å². The van der Waals surface area contributed by atoms with Crippen LogP contribution in [0.15, 0.2) is 36.8 Å². The molecule has 30 heavy (non-hydrogen) atoms. The summed E-state index contributed by atoms with van der Waals surface area (Å²) in [6.07, 6.45) is 10.2. The Balaban J connectivity index is 1.61. The van der Waals surface area contributed by atoms with Crippen LogP contribution in [-0.2, 0) is 6.54 Å². The molecule has 158 valence electrons. The number of hydrogen-bond donors (Lipinski definition) is 3. The highest BCUT2D eigenvalue weighted by Crippen LogP contribution is 2.27. The first-order valence-corrected chi connectivity index (χ1v) is 10.8. The van der Waals surface area contributed by atoms with Crippen molar-refractivity contribution >= 4 is 30.0 Å². The van der Waals surface area contributed by atoms with Crippen LogP contribution >= 0.6 is 0 Å². The van der Waals surface area contributed by atoms with E-state index in [9.17, 15) is 5.11 Å². The molecule has 8 nitrogen and oxygen atoms in total. The van der Waals surface area contributed by atoms with E-state index in [0.29, 0.717) is 6.54 Å². The van der Waals surface area contributed by atoms with E-state index in [0.717, 1.165) is 48.4 Å².